The van der Waals surface area contributed by atoms with Crippen LogP contribution in [0.1, 0.15) is 22.5 Å². The van der Waals surface area contributed by atoms with Crippen molar-refractivity contribution in [2.24, 2.45) is 10.8 Å². The van der Waals surface area contributed by atoms with Crippen LogP contribution >= 0.6 is 12.2 Å². The summed E-state index contributed by atoms with van der Waals surface area (Å²) in [7, 11) is 0. The van der Waals surface area contributed by atoms with Gasteiger partial charge in [-0.3, -0.25) is 5.43 Å². The van der Waals surface area contributed by atoms with E-state index in [-0.39, 0.29) is 5.11 Å². The summed E-state index contributed by atoms with van der Waals surface area (Å²) < 4.78 is 5.74. The van der Waals surface area contributed by atoms with E-state index in [0.29, 0.717) is 5.76 Å². The summed E-state index contributed by atoms with van der Waals surface area (Å²) in [5.41, 5.74) is 12.2. The van der Waals surface area contributed by atoms with E-state index >= 15 is 0 Å². The van der Waals surface area contributed by atoms with Crippen LogP contribution in [0.25, 0.3) is 11.0 Å². The van der Waals surface area contributed by atoms with Crippen molar-refractivity contribution in [3.05, 3.63) is 34.6 Å². The molecule has 0 aliphatic heterocycles. The number of nitrogens with zero attached hydrogens (tertiary/aromatic N) is 1. The second-order valence-electron chi connectivity index (χ2n) is 4.26. The second kappa shape index (κ2) is 4.78. The number of fused-ring (bicyclic) bond motifs is 1. The zero-order valence-electron chi connectivity index (χ0n) is 10.6. The van der Waals surface area contributed by atoms with Crippen molar-refractivity contribution in [2.75, 3.05) is 0 Å². The monoisotopic (exact) mass is 261 g/mol. The first-order valence-corrected chi connectivity index (χ1v) is 5.98. The van der Waals surface area contributed by atoms with Crippen LogP contribution in [-0.4, -0.2) is 11.3 Å². The minimum absolute atomic E-state index is 0.131. The fourth-order valence-corrected chi connectivity index (χ4v) is 1.83. The Morgan fingerprint density at radius 2 is 2.00 bits per heavy atom. The van der Waals surface area contributed by atoms with Crippen LogP contribution in [0.2, 0.25) is 0 Å². The number of furan rings is 1. The van der Waals surface area contributed by atoms with E-state index in [2.05, 4.69) is 42.7 Å². The summed E-state index contributed by atoms with van der Waals surface area (Å²) >= 11 is 4.66. The van der Waals surface area contributed by atoms with Gasteiger partial charge in [0.1, 0.15) is 5.58 Å². The highest BCUT2D eigenvalue weighted by Gasteiger charge is 2.09. The smallest absolute Gasteiger partial charge is 0.184 e. The standard InChI is InChI=1S/C13H15N3OS/c1-7-4-10-9(3)12(6-15-16-13(14)18)17-11(10)5-8(7)2/h4-6H,1-3H3,(H3,14,16,18). The molecule has 0 spiro atoms. The van der Waals surface area contributed by atoms with Gasteiger partial charge in [-0.25, -0.2) is 0 Å². The first-order chi connectivity index (χ1) is 8.49. The Morgan fingerprint density at radius 3 is 2.67 bits per heavy atom. The summed E-state index contributed by atoms with van der Waals surface area (Å²) in [6.45, 7) is 6.15. The zero-order valence-corrected chi connectivity index (χ0v) is 11.4. The number of hydrogen-bond acceptors (Lipinski definition) is 3. The van der Waals surface area contributed by atoms with Gasteiger partial charge in [-0.1, -0.05) is 0 Å². The summed E-state index contributed by atoms with van der Waals surface area (Å²) in [5, 5.41) is 5.14. The van der Waals surface area contributed by atoms with E-state index < -0.39 is 0 Å². The molecule has 0 fully saturated rings. The molecule has 2 rings (SSSR count). The topological polar surface area (TPSA) is 63.5 Å². The largest absolute Gasteiger partial charge is 0.455 e. The molecular weight excluding hydrogens is 246 g/mol. The number of hydrogen-bond donors (Lipinski definition) is 2. The van der Waals surface area contributed by atoms with E-state index in [1.165, 1.54) is 11.1 Å². The third-order valence-corrected chi connectivity index (χ3v) is 3.04. The van der Waals surface area contributed by atoms with Crippen molar-refractivity contribution >= 4 is 34.5 Å². The van der Waals surface area contributed by atoms with E-state index in [4.69, 9.17) is 10.2 Å². The molecular formula is C13H15N3OS. The van der Waals surface area contributed by atoms with Gasteiger partial charge in [-0.05, 0) is 56.2 Å². The van der Waals surface area contributed by atoms with Crippen molar-refractivity contribution in [1.82, 2.24) is 5.43 Å². The van der Waals surface area contributed by atoms with E-state index in [0.717, 1.165) is 16.5 Å². The molecule has 18 heavy (non-hydrogen) atoms. The van der Waals surface area contributed by atoms with Gasteiger partial charge in [0.05, 0.1) is 6.21 Å². The molecule has 0 saturated heterocycles. The maximum absolute atomic E-state index is 5.74. The quantitative estimate of drug-likeness (QED) is 0.495. The van der Waals surface area contributed by atoms with Gasteiger partial charge in [0, 0.05) is 10.9 Å². The van der Waals surface area contributed by atoms with Crippen LogP contribution in [0.15, 0.2) is 21.7 Å². The molecule has 0 atom stereocenters. The normalized spacial score (nSPS) is 11.3. The molecule has 2 aromatic rings. The Hall–Kier alpha value is -1.88. The van der Waals surface area contributed by atoms with Gasteiger partial charge in [0.25, 0.3) is 0 Å². The Kier molecular flexibility index (Phi) is 3.34. The summed E-state index contributed by atoms with van der Waals surface area (Å²) in [6, 6.07) is 4.16. The molecule has 5 heteroatoms. The van der Waals surface area contributed by atoms with Crippen LogP contribution in [0.5, 0.6) is 0 Å². The van der Waals surface area contributed by atoms with Crippen molar-refractivity contribution in [2.45, 2.75) is 20.8 Å². The Bertz CT molecular complexity index is 643. The Labute approximate surface area is 111 Å². The van der Waals surface area contributed by atoms with Crippen LogP contribution in [0.3, 0.4) is 0 Å². The second-order valence-corrected chi connectivity index (χ2v) is 4.70. The predicted molar refractivity (Wildman–Crippen MR) is 77.9 cm³/mol. The molecule has 1 aromatic heterocycles. The molecule has 3 N–H and O–H groups in total. The van der Waals surface area contributed by atoms with Gasteiger partial charge in [0.15, 0.2) is 10.9 Å². The molecule has 0 saturated carbocycles. The first-order valence-electron chi connectivity index (χ1n) is 5.58. The molecule has 0 radical (unpaired) electrons. The Balaban J connectivity index is 2.44. The van der Waals surface area contributed by atoms with Crippen molar-refractivity contribution in [1.29, 1.82) is 0 Å². The predicted octanol–water partition coefficient (Wildman–Crippen LogP) is 2.53. The average molecular weight is 261 g/mol. The van der Waals surface area contributed by atoms with Gasteiger partial charge in [-0.15, -0.1) is 0 Å². The lowest BCUT2D eigenvalue weighted by atomic mass is 10.1. The molecule has 0 aliphatic rings. The third kappa shape index (κ3) is 2.36. The van der Waals surface area contributed by atoms with Crippen LogP contribution in [0, 0.1) is 20.8 Å². The van der Waals surface area contributed by atoms with Crippen molar-refractivity contribution < 1.29 is 4.42 Å². The molecule has 0 bridgehead atoms. The fraction of sp³-hybridized carbons (Fsp3) is 0.231. The molecule has 0 amide bonds. The van der Waals surface area contributed by atoms with Crippen LogP contribution in [0.4, 0.5) is 0 Å². The van der Waals surface area contributed by atoms with Crippen LogP contribution < -0.4 is 11.2 Å². The SMILES string of the molecule is Cc1cc2oc(C=NNC(N)=S)c(C)c2cc1C. The maximum atomic E-state index is 5.74. The molecule has 1 heterocycles. The van der Waals surface area contributed by atoms with Gasteiger partial charge in [0.2, 0.25) is 0 Å². The number of thiocarbonyl (C=S) groups is 1. The highest BCUT2D eigenvalue weighted by Crippen LogP contribution is 2.26. The van der Waals surface area contributed by atoms with Gasteiger partial charge < -0.3 is 10.2 Å². The molecule has 4 nitrogen and oxygen atoms in total. The summed E-state index contributed by atoms with van der Waals surface area (Å²) in [4.78, 5) is 0. The zero-order chi connectivity index (χ0) is 13.3. The number of aryl methyl sites for hydroxylation is 3. The van der Waals surface area contributed by atoms with Crippen molar-refractivity contribution in [3.63, 3.8) is 0 Å². The lowest BCUT2D eigenvalue weighted by Gasteiger charge is -1.98. The van der Waals surface area contributed by atoms with Gasteiger partial charge >= 0.3 is 0 Å². The van der Waals surface area contributed by atoms with E-state index in [9.17, 15) is 0 Å². The van der Waals surface area contributed by atoms with E-state index in [1.807, 2.05) is 13.0 Å². The number of nitrogens with two attached hydrogens (primary N) is 1. The van der Waals surface area contributed by atoms with Gasteiger partial charge in [-0.2, -0.15) is 5.10 Å². The molecule has 0 aliphatic carbocycles. The fourth-order valence-electron chi connectivity index (χ4n) is 1.77. The number of hydrazone groups is 1. The lowest BCUT2D eigenvalue weighted by molar-refractivity contribution is 0.604. The number of benzene rings is 1. The number of rotatable bonds is 2. The van der Waals surface area contributed by atoms with E-state index in [1.54, 1.807) is 6.21 Å². The average Bonchev–Trinajstić information content (AvgIpc) is 2.57. The summed E-state index contributed by atoms with van der Waals surface area (Å²) in [5.74, 6) is 0.707. The first kappa shape index (κ1) is 12.6. The minimum Gasteiger partial charge on any atom is -0.455 e. The van der Waals surface area contributed by atoms with Crippen molar-refractivity contribution in [3.8, 4) is 0 Å². The lowest BCUT2D eigenvalue weighted by Crippen LogP contribution is -2.23. The molecule has 1 aromatic carbocycles. The van der Waals surface area contributed by atoms with Crippen LogP contribution in [-0.2, 0) is 0 Å². The summed E-state index contributed by atoms with van der Waals surface area (Å²) in [6.07, 6.45) is 1.58. The molecule has 0 unspecified atom stereocenters. The molecule has 94 valence electrons. The highest BCUT2D eigenvalue weighted by molar-refractivity contribution is 7.80. The number of nitrogens with one attached hydrogen (secondary N) is 1. The maximum Gasteiger partial charge on any atom is 0.184 e. The third-order valence-electron chi connectivity index (χ3n) is 2.95. The Morgan fingerprint density at radius 1 is 1.33 bits per heavy atom. The highest BCUT2D eigenvalue weighted by atomic mass is 32.1. The minimum atomic E-state index is 0.131.